The molecule has 1 aromatic rings. The van der Waals surface area contributed by atoms with Crippen LogP contribution in [0.3, 0.4) is 0 Å². The molecule has 1 aliphatic heterocycles. The molecule has 1 aromatic heterocycles. The highest BCUT2D eigenvalue weighted by molar-refractivity contribution is 7.09. The zero-order valence-corrected chi connectivity index (χ0v) is 11.2. The van der Waals surface area contributed by atoms with E-state index >= 15 is 0 Å². The lowest BCUT2D eigenvalue weighted by atomic mass is 10.0. The number of hydrogen-bond acceptors (Lipinski definition) is 4. The van der Waals surface area contributed by atoms with Crippen molar-refractivity contribution in [2.75, 3.05) is 13.6 Å². The molecule has 0 unspecified atom stereocenters. The summed E-state index contributed by atoms with van der Waals surface area (Å²) in [5.41, 5.74) is 2.87. The number of nitrogens with zero attached hydrogens (tertiary/aromatic N) is 2. The van der Waals surface area contributed by atoms with Crippen molar-refractivity contribution < 1.29 is 4.79 Å². The maximum absolute atomic E-state index is 12.2. The number of hydrogen-bond donors (Lipinski definition) is 1. The predicted molar refractivity (Wildman–Crippen MR) is 69.0 cm³/mol. The fourth-order valence-electron chi connectivity index (χ4n) is 2.10. The Balaban J connectivity index is 1.93. The molecular weight excluding hydrogens is 234 g/mol. The number of carbonyl (C=O) groups is 1. The molecule has 1 saturated heterocycles. The fraction of sp³-hybridized carbons (Fsp3) is 0.667. The molecule has 1 atom stereocenters. The number of amides is 1. The lowest BCUT2D eigenvalue weighted by Crippen LogP contribution is -2.46. The van der Waals surface area contributed by atoms with Gasteiger partial charge in [-0.05, 0) is 26.3 Å². The van der Waals surface area contributed by atoms with Crippen LogP contribution in [0.2, 0.25) is 0 Å². The molecule has 94 valence electrons. The Morgan fingerprint density at radius 1 is 1.65 bits per heavy atom. The average molecular weight is 253 g/mol. The van der Waals surface area contributed by atoms with Crippen LogP contribution in [0.1, 0.15) is 29.8 Å². The molecule has 17 heavy (non-hydrogen) atoms. The second kappa shape index (κ2) is 5.60. The van der Waals surface area contributed by atoms with Crippen LogP contribution in [0.25, 0.3) is 0 Å². The van der Waals surface area contributed by atoms with Gasteiger partial charge >= 0.3 is 0 Å². The highest BCUT2D eigenvalue weighted by Crippen LogP contribution is 2.16. The van der Waals surface area contributed by atoms with Gasteiger partial charge in [0.05, 0.1) is 23.8 Å². The van der Waals surface area contributed by atoms with E-state index in [1.54, 1.807) is 11.3 Å². The molecule has 5 heteroatoms. The Kier molecular flexibility index (Phi) is 4.12. The second-order valence-corrected chi connectivity index (χ2v) is 5.50. The largest absolute Gasteiger partial charge is 0.339 e. The van der Waals surface area contributed by atoms with Gasteiger partial charge in [-0.1, -0.05) is 6.42 Å². The van der Waals surface area contributed by atoms with Gasteiger partial charge in [-0.25, -0.2) is 4.98 Å². The highest BCUT2D eigenvalue weighted by Gasteiger charge is 2.23. The average Bonchev–Trinajstić information content (AvgIpc) is 2.75. The van der Waals surface area contributed by atoms with Crippen LogP contribution in [-0.4, -0.2) is 35.4 Å². The van der Waals surface area contributed by atoms with Crippen molar-refractivity contribution in [3.63, 3.8) is 0 Å². The number of nitrogens with one attached hydrogen (secondary N) is 1. The van der Waals surface area contributed by atoms with E-state index in [9.17, 15) is 4.79 Å². The van der Waals surface area contributed by atoms with Crippen molar-refractivity contribution in [1.82, 2.24) is 15.2 Å². The Hall–Kier alpha value is -0.940. The zero-order chi connectivity index (χ0) is 12.3. The minimum absolute atomic E-state index is 0.0157. The number of carbonyl (C=O) groups excluding carboxylic acids is 1. The van der Waals surface area contributed by atoms with E-state index in [2.05, 4.69) is 10.3 Å². The van der Waals surface area contributed by atoms with Crippen molar-refractivity contribution in [3.8, 4) is 0 Å². The number of thiazole rings is 1. The highest BCUT2D eigenvalue weighted by atomic mass is 32.1. The Morgan fingerprint density at radius 2 is 2.47 bits per heavy atom. The molecule has 4 nitrogen and oxygen atoms in total. The van der Waals surface area contributed by atoms with Crippen molar-refractivity contribution in [2.45, 2.75) is 38.8 Å². The molecule has 0 aliphatic carbocycles. The number of piperidine rings is 1. The fourth-order valence-corrected chi connectivity index (χ4v) is 2.93. The van der Waals surface area contributed by atoms with E-state index in [0.717, 1.165) is 25.1 Å². The molecular formula is C12H19N3OS. The number of rotatable bonds is 3. The molecule has 1 N–H and O–H groups in total. The third kappa shape index (κ3) is 3.04. The third-order valence-electron chi connectivity index (χ3n) is 3.21. The molecule has 1 amide bonds. The van der Waals surface area contributed by atoms with E-state index in [1.807, 2.05) is 24.4 Å². The van der Waals surface area contributed by atoms with Crippen LogP contribution in [0, 0.1) is 6.92 Å². The summed E-state index contributed by atoms with van der Waals surface area (Å²) in [4.78, 5) is 19.4. The van der Waals surface area contributed by atoms with Crippen LogP contribution < -0.4 is 5.32 Å². The molecule has 0 bridgehead atoms. The van der Waals surface area contributed by atoms with Crippen LogP contribution in [-0.2, 0) is 11.3 Å². The predicted octanol–water partition coefficient (Wildman–Crippen LogP) is 1.55. The molecule has 1 fully saturated rings. The topological polar surface area (TPSA) is 45.2 Å². The van der Waals surface area contributed by atoms with Gasteiger partial charge in [0.15, 0.2) is 0 Å². The first-order chi connectivity index (χ1) is 8.18. The van der Waals surface area contributed by atoms with Crippen molar-refractivity contribution in [3.05, 3.63) is 16.1 Å². The molecule has 0 spiro atoms. The standard InChI is InChI=1S/C12H19N3OS/c1-9-11(17-8-14-9)7-15(2)12(16)10-5-3-4-6-13-10/h8,10,13H,3-7H2,1-2H3/t10-/m0/s1. The van der Waals surface area contributed by atoms with Gasteiger partial charge < -0.3 is 10.2 Å². The van der Waals surface area contributed by atoms with Gasteiger partial charge in [-0.2, -0.15) is 0 Å². The Bertz CT molecular complexity index is 385. The van der Waals surface area contributed by atoms with Gasteiger partial charge in [-0.3, -0.25) is 4.79 Å². The third-order valence-corrected chi connectivity index (χ3v) is 4.13. The molecule has 0 saturated carbocycles. The smallest absolute Gasteiger partial charge is 0.239 e. The zero-order valence-electron chi connectivity index (χ0n) is 10.4. The second-order valence-electron chi connectivity index (χ2n) is 4.56. The maximum atomic E-state index is 12.2. The Morgan fingerprint density at radius 3 is 3.06 bits per heavy atom. The van der Waals surface area contributed by atoms with Gasteiger partial charge in [0.1, 0.15) is 0 Å². The summed E-state index contributed by atoms with van der Waals surface area (Å²) in [7, 11) is 1.87. The lowest BCUT2D eigenvalue weighted by molar-refractivity contribution is -0.133. The van der Waals surface area contributed by atoms with E-state index in [1.165, 1.54) is 11.3 Å². The van der Waals surface area contributed by atoms with Crippen molar-refractivity contribution >= 4 is 17.2 Å². The summed E-state index contributed by atoms with van der Waals surface area (Å²) in [6.07, 6.45) is 3.29. The lowest BCUT2D eigenvalue weighted by Gasteiger charge is -2.27. The van der Waals surface area contributed by atoms with Crippen LogP contribution >= 0.6 is 11.3 Å². The van der Waals surface area contributed by atoms with E-state index in [4.69, 9.17) is 0 Å². The van der Waals surface area contributed by atoms with Crippen LogP contribution in [0.15, 0.2) is 5.51 Å². The number of aromatic nitrogens is 1. The summed E-state index contributed by atoms with van der Waals surface area (Å²) in [6.45, 7) is 3.63. The van der Waals surface area contributed by atoms with E-state index < -0.39 is 0 Å². The summed E-state index contributed by atoms with van der Waals surface area (Å²) in [5.74, 6) is 0.206. The number of likely N-dealkylation sites (N-methyl/N-ethyl adjacent to an activating group) is 1. The first-order valence-electron chi connectivity index (χ1n) is 6.06. The SMILES string of the molecule is Cc1ncsc1CN(C)C(=O)[C@@H]1CCCCN1. The maximum Gasteiger partial charge on any atom is 0.239 e. The van der Waals surface area contributed by atoms with Crippen molar-refractivity contribution in [1.29, 1.82) is 0 Å². The normalized spacial score (nSPS) is 20.2. The summed E-state index contributed by atoms with van der Waals surface area (Å²) in [5, 5.41) is 3.29. The molecule has 1 aliphatic rings. The molecule has 2 heterocycles. The number of aryl methyl sites for hydroxylation is 1. The van der Waals surface area contributed by atoms with Crippen molar-refractivity contribution in [2.24, 2.45) is 0 Å². The monoisotopic (exact) mass is 253 g/mol. The summed E-state index contributed by atoms with van der Waals surface area (Å²) < 4.78 is 0. The van der Waals surface area contributed by atoms with Crippen LogP contribution in [0.5, 0.6) is 0 Å². The minimum Gasteiger partial charge on any atom is -0.339 e. The molecule has 0 aromatic carbocycles. The Labute approximate surface area is 106 Å². The minimum atomic E-state index is 0.0157. The first kappa shape index (κ1) is 12.5. The van der Waals surface area contributed by atoms with E-state index in [-0.39, 0.29) is 11.9 Å². The van der Waals surface area contributed by atoms with Gasteiger partial charge in [0.2, 0.25) is 5.91 Å². The molecule has 2 rings (SSSR count). The van der Waals surface area contributed by atoms with Gasteiger partial charge in [0, 0.05) is 11.9 Å². The summed E-state index contributed by atoms with van der Waals surface area (Å²) in [6, 6.07) is 0.0157. The molecule has 0 radical (unpaired) electrons. The van der Waals surface area contributed by atoms with Gasteiger partial charge in [-0.15, -0.1) is 11.3 Å². The van der Waals surface area contributed by atoms with E-state index in [0.29, 0.717) is 6.54 Å². The van der Waals surface area contributed by atoms with Gasteiger partial charge in [0.25, 0.3) is 0 Å². The summed E-state index contributed by atoms with van der Waals surface area (Å²) >= 11 is 1.62. The quantitative estimate of drug-likeness (QED) is 0.889. The first-order valence-corrected chi connectivity index (χ1v) is 6.94. The van der Waals surface area contributed by atoms with Crippen LogP contribution in [0.4, 0.5) is 0 Å².